The lowest BCUT2D eigenvalue weighted by atomic mass is 9.92. The summed E-state index contributed by atoms with van der Waals surface area (Å²) in [6, 6.07) is -0.0285. The second-order valence-corrected chi connectivity index (χ2v) is 3.67. The Bertz CT molecular complexity index is 314. The van der Waals surface area contributed by atoms with Crippen LogP contribution in [0, 0.1) is 0 Å². The smallest absolute Gasteiger partial charge is 0.384 e. The van der Waals surface area contributed by atoms with E-state index in [0.29, 0.717) is 19.1 Å². The fraction of sp³-hybridized carbons (Fsp3) is 0.778. The van der Waals surface area contributed by atoms with E-state index in [2.05, 4.69) is 4.99 Å². The SMILES string of the molecule is CCOC1=N[C@H]2[C@@H](O1)[C@H]1O[C@@H]2CC1=O. The van der Waals surface area contributed by atoms with Crippen LogP contribution < -0.4 is 0 Å². The molecular formula is C9H11NO4. The third-order valence-electron chi connectivity index (χ3n) is 2.82. The summed E-state index contributed by atoms with van der Waals surface area (Å²) in [7, 11) is 0. The molecule has 0 unspecified atom stereocenters. The first-order valence-electron chi connectivity index (χ1n) is 4.85. The average Bonchev–Trinajstić information content (AvgIpc) is 2.74. The van der Waals surface area contributed by atoms with E-state index >= 15 is 0 Å². The summed E-state index contributed by atoms with van der Waals surface area (Å²) in [4.78, 5) is 15.6. The molecule has 0 amide bonds. The van der Waals surface area contributed by atoms with Gasteiger partial charge in [-0.3, -0.25) is 4.79 Å². The molecule has 0 aromatic carbocycles. The normalized spacial score (nSPS) is 43.5. The summed E-state index contributed by atoms with van der Waals surface area (Å²) in [6.07, 6.45) is 0.0541. The maximum absolute atomic E-state index is 11.3. The largest absolute Gasteiger partial charge is 0.451 e. The number of hydrogen-bond donors (Lipinski definition) is 0. The molecule has 0 aromatic heterocycles. The molecule has 0 N–H and O–H groups in total. The topological polar surface area (TPSA) is 57.1 Å². The lowest BCUT2D eigenvalue weighted by Crippen LogP contribution is -2.39. The van der Waals surface area contributed by atoms with E-state index in [9.17, 15) is 4.79 Å². The highest BCUT2D eigenvalue weighted by Crippen LogP contribution is 2.39. The number of hydrogen-bond acceptors (Lipinski definition) is 5. The minimum absolute atomic E-state index is 0.0285. The Kier molecular flexibility index (Phi) is 1.58. The highest BCUT2D eigenvalue weighted by Gasteiger charge is 2.58. The Morgan fingerprint density at radius 2 is 2.50 bits per heavy atom. The molecule has 0 aromatic rings. The molecule has 0 aliphatic carbocycles. The van der Waals surface area contributed by atoms with Gasteiger partial charge in [-0.05, 0) is 6.92 Å². The number of carbonyl (C=O) groups excluding carboxylic acids is 1. The summed E-state index contributed by atoms with van der Waals surface area (Å²) in [5.74, 6) is 0.129. The first kappa shape index (κ1) is 8.23. The predicted molar refractivity (Wildman–Crippen MR) is 46.0 cm³/mol. The highest BCUT2D eigenvalue weighted by molar-refractivity contribution is 5.89. The molecule has 3 heterocycles. The number of rotatable bonds is 1. The molecular weight excluding hydrogens is 186 g/mol. The van der Waals surface area contributed by atoms with Crippen molar-refractivity contribution in [3.8, 4) is 0 Å². The Hall–Kier alpha value is -1.10. The van der Waals surface area contributed by atoms with Gasteiger partial charge in [0.2, 0.25) is 0 Å². The van der Waals surface area contributed by atoms with Crippen molar-refractivity contribution >= 4 is 11.9 Å². The Morgan fingerprint density at radius 1 is 1.64 bits per heavy atom. The second-order valence-electron chi connectivity index (χ2n) is 3.67. The summed E-state index contributed by atoms with van der Waals surface area (Å²) >= 11 is 0. The van der Waals surface area contributed by atoms with Gasteiger partial charge in [-0.1, -0.05) is 0 Å². The number of nitrogens with zero attached hydrogens (tertiary/aromatic N) is 1. The lowest BCUT2D eigenvalue weighted by molar-refractivity contribution is -0.125. The van der Waals surface area contributed by atoms with Crippen LogP contribution in [0.5, 0.6) is 0 Å². The van der Waals surface area contributed by atoms with Crippen molar-refractivity contribution in [2.45, 2.75) is 37.7 Å². The van der Waals surface area contributed by atoms with Gasteiger partial charge in [0.25, 0.3) is 0 Å². The molecule has 2 bridgehead atoms. The molecule has 4 atom stereocenters. The molecule has 76 valence electrons. The average molecular weight is 197 g/mol. The van der Waals surface area contributed by atoms with Crippen LogP contribution in [0.3, 0.4) is 0 Å². The summed E-state index contributed by atoms with van der Waals surface area (Å²) < 4.78 is 16.0. The van der Waals surface area contributed by atoms with Crippen molar-refractivity contribution in [1.29, 1.82) is 0 Å². The summed E-state index contributed by atoms with van der Waals surface area (Å²) in [6.45, 7) is 2.40. The lowest BCUT2D eigenvalue weighted by Gasteiger charge is -2.16. The zero-order valence-electron chi connectivity index (χ0n) is 7.80. The molecule has 0 radical (unpaired) electrons. The van der Waals surface area contributed by atoms with Crippen LogP contribution in [0.2, 0.25) is 0 Å². The number of carbonyl (C=O) groups is 1. The molecule has 5 nitrogen and oxygen atoms in total. The van der Waals surface area contributed by atoms with Gasteiger partial charge in [0, 0.05) is 6.42 Å². The van der Waals surface area contributed by atoms with Gasteiger partial charge < -0.3 is 14.2 Å². The van der Waals surface area contributed by atoms with Crippen molar-refractivity contribution in [2.75, 3.05) is 6.61 Å². The standard InChI is InChI=1S/C9H11NO4/c1-2-12-9-10-6-5-3-4(11)7(13-5)8(6)14-9/h5-8H,2-3H2,1H3/t5-,6-,7+,8-/m1/s1. The van der Waals surface area contributed by atoms with E-state index in [4.69, 9.17) is 14.2 Å². The quantitative estimate of drug-likeness (QED) is 0.588. The first-order chi connectivity index (χ1) is 6.79. The fourth-order valence-electron chi connectivity index (χ4n) is 2.23. The zero-order valence-corrected chi connectivity index (χ0v) is 7.80. The molecule has 0 spiro atoms. The van der Waals surface area contributed by atoms with Gasteiger partial charge in [0.1, 0.15) is 6.04 Å². The van der Waals surface area contributed by atoms with Crippen LogP contribution in [0.1, 0.15) is 13.3 Å². The van der Waals surface area contributed by atoms with Crippen LogP contribution in [0.15, 0.2) is 4.99 Å². The summed E-state index contributed by atoms with van der Waals surface area (Å²) in [5, 5.41) is 0. The molecule has 2 fully saturated rings. The minimum atomic E-state index is -0.410. The van der Waals surface area contributed by atoms with E-state index in [1.165, 1.54) is 0 Å². The second kappa shape index (κ2) is 2.70. The van der Waals surface area contributed by atoms with Crippen molar-refractivity contribution in [2.24, 2.45) is 4.99 Å². The minimum Gasteiger partial charge on any atom is -0.451 e. The van der Waals surface area contributed by atoms with Crippen LogP contribution >= 0.6 is 0 Å². The van der Waals surface area contributed by atoms with Crippen LogP contribution in [0.25, 0.3) is 0 Å². The Balaban J connectivity index is 1.80. The third-order valence-corrected chi connectivity index (χ3v) is 2.82. The van der Waals surface area contributed by atoms with Crippen molar-refractivity contribution in [3.63, 3.8) is 0 Å². The maximum atomic E-state index is 11.3. The summed E-state index contributed by atoms with van der Waals surface area (Å²) in [5.41, 5.74) is 0. The maximum Gasteiger partial charge on any atom is 0.384 e. The number of ketones is 1. The van der Waals surface area contributed by atoms with Gasteiger partial charge in [-0.2, -0.15) is 0 Å². The predicted octanol–water partition coefficient (Wildman–Crippen LogP) is -0.114. The van der Waals surface area contributed by atoms with Gasteiger partial charge in [-0.25, -0.2) is 4.99 Å². The van der Waals surface area contributed by atoms with Crippen molar-refractivity contribution < 1.29 is 19.0 Å². The van der Waals surface area contributed by atoms with Crippen LogP contribution in [-0.4, -0.2) is 42.8 Å². The van der Waals surface area contributed by atoms with E-state index < -0.39 is 6.10 Å². The van der Waals surface area contributed by atoms with Gasteiger partial charge in [0.05, 0.1) is 12.7 Å². The number of fused-ring (bicyclic) bond motifs is 5. The van der Waals surface area contributed by atoms with E-state index in [1.807, 2.05) is 6.92 Å². The highest BCUT2D eigenvalue weighted by atomic mass is 16.7. The fourth-order valence-corrected chi connectivity index (χ4v) is 2.23. The first-order valence-corrected chi connectivity index (χ1v) is 4.85. The number of aliphatic imine (C=N–C) groups is 1. The molecule has 2 saturated heterocycles. The molecule has 14 heavy (non-hydrogen) atoms. The van der Waals surface area contributed by atoms with E-state index in [-0.39, 0.29) is 24.0 Å². The molecule has 0 saturated carbocycles. The zero-order chi connectivity index (χ0) is 9.71. The molecule has 3 rings (SSSR count). The number of Topliss-reactive ketones (excluding diaryl/α,β-unsaturated/α-hetero) is 1. The van der Waals surface area contributed by atoms with Crippen LogP contribution in [0.4, 0.5) is 0 Å². The third kappa shape index (κ3) is 0.930. The van der Waals surface area contributed by atoms with Crippen LogP contribution in [-0.2, 0) is 19.0 Å². The van der Waals surface area contributed by atoms with Gasteiger partial charge in [-0.15, -0.1) is 0 Å². The molecule has 3 aliphatic rings. The van der Waals surface area contributed by atoms with Gasteiger partial charge in [0.15, 0.2) is 18.0 Å². The van der Waals surface area contributed by atoms with Crippen molar-refractivity contribution in [3.05, 3.63) is 0 Å². The molecule has 3 aliphatic heterocycles. The Labute approximate surface area is 81.0 Å². The Morgan fingerprint density at radius 3 is 3.29 bits per heavy atom. The monoisotopic (exact) mass is 197 g/mol. The van der Waals surface area contributed by atoms with Crippen molar-refractivity contribution in [1.82, 2.24) is 0 Å². The number of ether oxygens (including phenoxy) is 3. The van der Waals surface area contributed by atoms with E-state index in [0.717, 1.165) is 0 Å². The molecule has 5 heteroatoms. The van der Waals surface area contributed by atoms with E-state index in [1.54, 1.807) is 0 Å². The van der Waals surface area contributed by atoms with Gasteiger partial charge >= 0.3 is 6.08 Å².